The lowest BCUT2D eigenvalue weighted by molar-refractivity contribution is -0.142. The molecule has 0 radical (unpaired) electrons. The second kappa shape index (κ2) is 5.57. The Kier molecular flexibility index (Phi) is 4.39. The van der Waals surface area contributed by atoms with Crippen LogP contribution < -0.4 is 0 Å². The lowest BCUT2D eigenvalue weighted by Crippen LogP contribution is -2.08. The van der Waals surface area contributed by atoms with Crippen LogP contribution in [-0.4, -0.2) is 12.6 Å². The Morgan fingerprint density at radius 1 is 1.56 bits per heavy atom. The van der Waals surface area contributed by atoms with E-state index in [0.29, 0.717) is 12.2 Å². The van der Waals surface area contributed by atoms with Gasteiger partial charge in [0, 0.05) is 4.90 Å². The van der Waals surface area contributed by atoms with Crippen molar-refractivity contribution in [1.29, 1.82) is 5.26 Å². The van der Waals surface area contributed by atoms with Crippen LogP contribution in [0.5, 0.6) is 0 Å². The molecule has 0 amide bonds. The molecule has 0 atom stereocenters. The van der Waals surface area contributed by atoms with Crippen LogP contribution in [0.3, 0.4) is 0 Å². The van der Waals surface area contributed by atoms with Crippen LogP contribution >= 0.6 is 12.6 Å². The number of esters is 1. The maximum Gasteiger partial charge on any atom is 0.310 e. The highest BCUT2D eigenvalue weighted by Crippen LogP contribution is 2.20. The second-order valence-electron chi connectivity index (χ2n) is 3.38. The molecule has 0 bridgehead atoms. The van der Waals surface area contributed by atoms with Crippen molar-refractivity contribution in [2.75, 3.05) is 6.61 Å². The number of thiol groups is 1. The smallest absolute Gasteiger partial charge is 0.310 e. The number of rotatable bonds is 3. The molecule has 0 heterocycles. The normalized spacial score (nSPS) is 9.62. The van der Waals surface area contributed by atoms with Gasteiger partial charge in [0.1, 0.15) is 0 Å². The minimum atomic E-state index is -0.289. The van der Waals surface area contributed by atoms with E-state index in [4.69, 9.17) is 10.00 Å². The number of nitriles is 1. The number of benzene rings is 1. The minimum absolute atomic E-state index is 0.177. The molecule has 0 aliphatic carbocycles. The summed E-state index contributed by atoms with van der Waals surface area (Å²) in [4.78, 5) is 12.0. The predicted molar refractivity (Wildman–Crippen MR) is 63.5 cm³/mol. The highest BCUT2D eigenvalue weighted by atomic mass is 32.1. The molecule has 0 aliphatic rings. The van der Waals surface area contributed by atoms with E-state index < -0.39 is 0 Å². The van der Waals surface area contributed by atoms with Crippen molar-refractivity contribution in [3.05, 3.63) is 28.8 Å². The molecular formula is C12H13NO2S. The van der Waals surface area contributed by atoms with Crippen molar-refractivity contribution < 1.29 is 9.53 Å². The first-order valence-electron chi connectivity index (χ1n) is 4.96. The van der Waals surface area contributed by atoms with Gasteiger partial charge in [-0.15, -0.1) is 12.6 Å². The van der Waals surface area contributed by atoms with Gasteiger partial charge in [-0.25, -0.2) is 0 Å². The third kappa shape index (κ3) is 3.01. The van der Waals surface area contributed by atoms with E-state index in [9.17, 15) is 4.79 Å². The van der Waals surface area contributed by atoms with E-state index in [-0.39, 0.29) is 12.4 Å². The SMILES string of the molecule is CCOC(=O)Cc1cc(S)c(C)c(C#N)c1. The quantitative estimate of drug-likeness (QED) is 0.646. The topological polar surface area (TPSA) is 50.1 Å². The average molecular weight is 235 g/mol. The molecule has 0 spiro atoms. The zero-order chi connectivity index (χ0) is 12.1. The summed E-state index contributed by atoms with van der Waals surface area (Å²) < 4.78 is 4.84. The van der Waals surface area contributed by atoms with Crippen molar-refractivity contribution in [3.8, 4) is 6.07 Å². The van der Waals surface area contributed by atoms with E-state index in [1.165, 1.54) is 0 Å². The molecule has 0 fully saturated rings. The molecule has 0 aromatic heterocycles. The lowest BCUT2D eigenvalue weighted by atomic mass is 10.0. The first-order chi connectivity index (χ1) is 7.58. The van der Waals surface area contributed by atoms with Gasteiger partial charge in [-0.1, -0.05) is 0 Å². The molecule has 1 aromatic carbocycles. The Labute approximate surface area is 100 Å². The Morgan fingerprint density at radius 2 is 2.25 bits per heavy atom. The molecule has 0 saturated carbocycles. The molecule has 4 heteroatoms. The van der Waals surface area contributed by atoms with Gasteiger partial charge in [-0.2, -0.15) is 5.26 Å². The summed E-state index contributed by atoms with van der Waals surface area (Å²) >= 11 is 4.26. The van der Waals surface area contributed by atoms with Crippen molar-refractivity contribution in [3.63, 3.8) is 0 Å². The van der Waals surface area contributed by atoms with Crippen LogP contribution in [0.25, 0.3) is 0 Å². The van der Waals surface area contributed by atoms with E-state index in [1.807, 2.05) is 6.92 Å². The number of carbonyl (C=O) groups excluding carboxylic acids is 1. The van der Waals surface area contributed by atoms with E-state index in [1.54, 1.807) is 19.1 Å². The zero-order valence-corrected chi connectivity index (χ0v) is 10.2. The van der Waals surface area contributed by atoms with Crippen molar-refractivity contribution in [1.82, 2.24) is 0 Å². The molecule has 0 aliphatic heterocycles. The van der Waals surface area contributed by atoms with Gasteiger partial charge < -0.3 is 4.74 Å². The lowest BCUT2D eigenvalue weighted by Gasteiger charge is -2.06. The summed E-state index contributed by atoms with van der Waals surface area (Å²) in [5, 5.41) is 8.90. The molecule has 0 saturated heterocycles. The van der Waals surface area contributed by atoms with Gasteiger partial charge in [0.15, 0.2) is 0 Å². The highest BCUT2D eigenvalue weighted by molar-refractivity contribution is 7.80. The van der Waals surface area contributed by atoms with Crippen LogP contribution in [0.1, 0.15) is 23.6 Å². The van der Waals surface area contributed by atoms with Gasteiger partial charge in [0.05, 0.1) is 24.7 Å². The average Bonchev–Trinajstić information content (AvgIpc) is 2.23. The van der Waals surface area contributed by atoms with Crippen molar-refractivity contribution in [2.24, 2.45) is 0 Å². The maximum atomic E-state index is 11.3. The van der Waals surface area contributed by atoms with Crippen LogP contribution in [0, 0.1) is 18.3 Å². The number of hydrogen-bond donors (Lipinski definition) is 1. The third-order valence-electron chi connectivity index (χ3n) is 2.21. The maximum absolute atomic E-state index is 11.3. The largest absolute Gasteiger partial charge is 0.466 e. The van der Waals surface area contributed by atoms with Gasteiger partial charge in [0.2, 0.25) is 0 Å². The fourth-order valence-electron chi connectivity index (χ4n) is 1.35. The van der Waals surface area contributed by atoms with E-state index in [0.717, 1.165) is 16.0 Å². The number of ether oxygens (including phenoxy) is 1. The molecule has 1 aromatic rings. The molecule has 16 heavy (non-hydrogen) atoms. The van der Waals surface area contributed by atoms with Crippen molar-refractivity contribution in [2.45, 2.75) is 25.2 Å². The van der Waals surface area contributed by atoms with Crippen LogP contribution in [0.2, 0.25) is 0 Å². The summed E-state index contributed by atoms with van der Waals surface area (Å²) in [6, 6.07) is 5.57. The van der Waals surface area contributed by atoms with Crippen LogP contribution in [-0.2, 0) is 16.0 Å². The highest BCUT2D eigenvalue weighted by Gasteiger charge is 2.08. The summed E-state index contributed by atoms with van der Waals surface area (Å²) in [5.41, 5.74) is 2.14. The Bertz CT molecular complexity index is 449. The standard InChI is InChI=1S/C12H13NO2S/c1-3-15-12(14)6-9-4-10(7-13)8(2)11(16)5-9/h4-5,16H,3,6H2,1-2H3. The Balaban J connectivity index is 2.95. The summed E-state index contributed by atoms with van der Waals surface area (Å²) in [7, 11) is 0. The van der Waals surface area contributed by atoms with Crippen molar-refractivity contribution >= 4 is 18.6 Å². The summed E-state index contributed by atoms with van der Waals surface area (Å²) in [6.45, 7) is 3.95. The fourth-order valence-corrected chi connectivity index (χ4v) is 1.64. The molecule has 0 N–H and O–H groups in total. The predicted octanol–water partition coefficient (Wildman–Crippen LogP) is 2.26. The van der Waals surface area contributed by atoms with Gasteiger partial charge in [-0.05, 0) is 37.1 Å². The van der Waals surface area contributed by atoms with Gasteiger partial charge >= 0.3 is 5.97 Å². The van der Waals surface area contributed by atoms with E-state index >= 15 is 0 Å². The first kappa shape index (κ1) is 12.6. The Hall–Kier alpha value is -1.47. The summed E-state index contributed by atoms with van der Waals surface area (Å²) in [6.07, 6.45) is 0.177. The molecule has 84 valence electrons. The second-order valence-corrected chi connectivity index (χ2v) is 3.86. The minimum Gasteiger partial charge on any atom is -0.466 e. The van der Waals surface area contributed by atoms with E-state index in [2.05, 4.69) is 18.7 Å². The third-order valence-corrected chi connectivity index (χ3v) is 2.68. The number of hydrogen-bond acceptors (Lipinski definition) is 4. The van der Waals surface area contributed by atoms with Gasteiger partial charge in [0.25, 0.3) is 0 Å². The molecule has 0 unspecified atom stereocenters. The monoisotopic (exact) mass is 235 g/mol. The Morgan fingerprint density at radius 3 is 2.81 bits per heavy atom. The van der Waals surface area contributed by atoms with Crippen LogP contribution in [0.4, 0.5) is 0 Å². The number of carbonyl (C=O) groups is 1. The molecule has 3 nitrogen and oxygen atoms in total. The molecule has 1 rings (SSSR count). The number of nitrogens with zero attached hydrogens (tertiary/aromatic N) is 1. The zero-order valence-electron chi connectivity index (χ0n) is 9.28. The first-order valence-corrected chi connectivity index (χ1v) is 5.41. The van der Waals surface area contributed by atoms with Gasteiger partial charge in [-0.3, -0.25) is 4.79 Å². The van der Waals surface area contributed by atoms with Crippen LogP contribution in [0.15, 0.2) is 17.0 Å². The molecular weight excluding hydrogens is 222 g/mol. The fraction of sp³-hybridized carbons (Fsp3) is 0.333. The summed E-state index contributed by atoms with van der Waals surface area (Å²) in [5.74, 6) is -0.289.